The molecule has 1 unspecified atom stereocenters. The van der Waals surface area contributed by atoms with Gasteiger partial charge in [-0.15, -0.1) is 0 Å². The first-order valence-electron chi connectivity index (χ1n) is 35.2. The number of ether oxygens (including phenoxy) is 19. The summed E-state index contributed by atoms with van der Waals surface area (Å²) >= 11 is 0. The molecular weight excluding hydrogens is 1540 g/mol. The maximum absolute atomic E-state index is 11.5. The Labute approximate surface area is 625 Å². The lowest BCUT2D eigenvalue weighted by Gasteiger charge is -2.50. The summed E-state index contributed by atoms with van der Waals surface area (Å²) in [4.78, 5) is 0. The number of aliphatic hydroxyl groups is 32. The SMILES string of the molecule is OC[C@H]1O[C@H](O[C@H]2[C@H](O)[C@@H](O)[C@@H](O[C@H]3[C@H](O)[C@@H](O)[C@@H](O[C@H]4[C@H](O)[C@@H](O)[C@@H](O[C@H]5[C@H](O)[C@@H](O)[C@@H](O[C@H]6[C@H](O)[C@@H](O)[C@@H](O[C@H]7[C@H](O)[C@@H](O)[C@@H](O[C@H]8[C@H](O)[C@@H](O)[C@@H](O[C@H]9[C@H](O)[C@@H](O)[C@@H](O[C@H]%10[C@H](O)[C@@H](O)C(O)O[C@@H]%10CO)O[C@@H]9CO)O[C@@H]8CO)O[C@@H]7CO)O[C@@H]6CO)O[C@@H]5CO)O[C@@H]4CO)O[C@@H]3CO)O[C@@H]2CO)[C@H](O)[C@@H](O)[C@@H]1O. The summed E-state index contributed by atoms with van der Waals surface area (Å²) in [7, 11) is 0. The van der Waals surface area contributed by atoms with Gasteiger partial charge in [0, 0.05) is 0 Å². The Morgan fingerprint density at radius 1 is 0.135 bits per heavy atom. The molecule has 0 amide bonds. The molecule has 0 aromatic rings. The first-order valence-corrected chi connectivity index (χ1v) is 35.2. The minimum atomic E-state index is -2.32. The Morgan fingerprint density at radius 2 is 0.261 bits per heavy atom. The zero-order valence-corrected chi connectivity index (χ0v) is 58.0. The van der Waals surface area contributed by atoms with Crippen molar-refractivity contribution in [2.45, 2.75) is 307 Å². The smallest absolute Gasteiger partial charge is 0.187 e. The summed E-state index contributed by atoms with van der Waals surface area (Å²) in [6.45, 7) is -10.5. The number of aliphatic hydroxyl groups excluding tert-OH is 32. The zero-order valence-electron chi connectivity index (χ0n) is 58.0. The predicted octanol–water partition coefficient (Wildman–Crippen LogP) is -22.8. The van der Waals surface area contributed by atoms with E-state index in [1.807, 2.05) is 0 Å². The molecule has 0 aromatic heterocycles. The fourth-order valence-corrected chi connectivity index (χ4v) is 14.5. The fourth-order valence-electron chi connectivity index (χ4n) is 14.5. The summed E-state index contributed by atoms with van der Waals surface area (Å²) < 4.78 is 106. The van der Waals surface area contributed by atoms with Crippen molar-refractivity contribution < 1.29 is 253 Å². The molecule has 10 saturated heterocycles. The second-order valence-electron chi connectivity index (χ2n) is 28.0. The van der Waals surface area contributed by atoms with Crippen LogP contribution < -0.4 is 0 Å². The van der Waals surface area contributed by atoms with Crippen LogP contribution in [0.2, 0.25) is 0 Å². The second-order valence-corrected chi connectivity index (χ2v) is 28.0. The average Bonchev–Trinajstić information content (AvgIpc) is 0.774. The highest BCUT2D eigenvalue weighted by molar-refractivity contribution is 5.03. The molecule has 10 fully saturated rings. The van der Waals surface area contributed by atoms with Crippen LogP contribution in [-0.2, 0) is 90.0 Å². The van der Waals surface area contributed by atoms with Gasteiger partial charge in [-0.2, -0.15) is 0 Å². The predicted molar refractivity (Wildman–Crippen MR) is 330 cm³/mol. The van der Waals surface area contributed by atoms with Crippen molar-refractivity contribution in [1.82, 2.24) is 0 Å². The zero-order chi connectivity index (χ0) is 81.4. The topological polar surface area (TPSA) is 823 Å². The summed E-state index contributed by atoms with van der Waals surface area (Å²) in [5, 5.41) is 345. The van der Waals surface area contributed by atoms with Gasteiger partial charge >= 0.3 is 0 Å². The molecule has 32 N–H and O–H groups in total. The lowest BCUT2D eigenvalue weighted by Crippen LogP contribution is -2.68. The minimum absolute atomic E-state index is 0.869. The van der Waals surface area contributed by atoms with Gasteiger partial charge in [-0.05, 0) is 0 Å². The third-order valence-electron chi connectivity index (χ3n) is 20.9. The molecule has 51 heteroatoms. The Morgan fingerprint density at radius 3 is 0.414 bits per heavy atom. The molecule has 10 aliphatic heterocycles. The summed E-state index contributed by atoms with van der Waals surface area (Å²) in [6.07, 6.45) is -101. The highest BCUT2D eigenvalue weighted by Gasteiger charge is 2.61. The van der Waals surface area contributed by atoms with Crippen LogP contribution in [0.25, 0.3) is 0 Å². The summed E-state index contributed by atoms with van der Waals surface area (Å²) in [6, 6.07) is 0. The van der Waals surface area contributed by atoms with E-state index < -0.39 is 373 Å². The van der Waals surface area contributed by atoms with Crippen LogP contribution in [0.4, 0.5) is 0 Å². The van der Waals surface area contributed by atoms with Crippen LogP contribution in [0.3, 0.4) is 0 Å². The quantitative estimate of drug-likeness (QED) is 0.0346. The molecule has 50 atom stereocenters. The molecule has 10 rings (SSSR count). The van der Waals surface area contributed by atoms with Crippen LogP contribution in [-0.4, -0.2) is 537 Å². The molecule has 0 bridgehead atoms. The molecule has 51 nitrogen and oxygen atoms in total. The van der Waals surface area contributed by atoms with Crippen molar-refractivity contribution in [3.8, 4) is 0 Å². The van der Waals surface area contributed by atoms with E-state index in [4.69, 9.17) is 90.0 Å². The van der Waals surface area contributed by atoms with Gasteiger partial charge in [-0.1, -0.05) is 0 Å². The van der Waals surface area contributed by atoms with Crippen LogP contribution >= 0.6 is 0 Å². The Balaban J connectivity index is 0.705. The van der Waals surface area contributed by atoms with Gasteiger partial charge in [0.15, 0.2) is 62.9 Å². The van der Waals surface area contributed by atoms with Crippen molar-refractivity contribution in [2.75, 3.05) is 66.1 Å². The highest BCUT2D eigenvalue weighted by Crippen LogP contribution is 2.41. The lowest BCUT2D eigenvalue weighted by molar-refractivity contribution is -0.400. The normalized spacial score (nSPS) is 53.7. The van der Waals surface area contributed by atoms with Gasteiger partial charge < -0.3 is 253 Å². The number of hydrogen-bond donors (Lipinski definition) is 32. The van der Waals surface area contributed by atoms with E-state index in [1.54, 1.807) is 0 Å². The average molecular weight is 1640 g/mol. The van der Waals surface area contributed by atoms with Crippen molar-refractivity contribution in [3.63, 3.8) is 0 Å². The van der Waals surface area contributed by atoms with E-state index in [9.17, 15) is 163 Å². The number of rotatable bonds is 28. The first kappa shape index (κ1) is 91.3. The van der Waals surface area contributed by atoms with Crippen LogP contribution in [0.15, 0.2) is 0 Å². The molecule has 10 heterocycles. The minimum Gasteiger partial charge on any atom is -0.394 e. The van der Waals surface area contributed by atoms with Gasteiger partial charge in [0.05, 0.1) is 66.1 Å². The van der Waals surface area contributed by atoms with Crippen LogP contribution in [0, 0.1) is 0 Å². The maximum Gasteiger partial charge on any atom is 0.187 e. The first-order chi connectivity index (χ1) is 52.7. The van der Waals surface area contributed by atoms with Gasteiger partial charge in [0.1, 0.15) is 244 Å². The van der Waals surface area contributed by atoms with E-state index in [1.165, 1.54) is 0 Å². The third-order valence-corrected chi connectivity index (χ3v) is 20.9. The maximum atomic E-state index is 11.5. The van der Waals surface area contributed by atoms with Gasteiger partial charge in [0.25, 0.3) is 0 Å². The van der Waals surface area contributed by atoms with Gasteiger partial charge in [-0.25, -0.2) is 0 Å². The molecule has 0 aliphatic carbocycles. The summed E-state index contributed by atoms with van der Waals surface area (Å²) in [5.41, 5.74) is 0. The third kappa shape index (κ3) is 18.8. The Kier molecular flexibility index (Phi) is 32.4. The molecule has 0 aromatic carbocycles. The van der Waals surface area contributed by atoms with Crippen LogP contribution in [0.1, 0.15) is 0 Å². The van der Waals surface area contributed by atoms with E-state index in [2.05, 4.69) is 0 Å². The summed E-state index contributed by atoms with van der Waals surface area (Å²) in [5.74, 6) is 0. The van der Waals surface area contributed by atoms with Crippen molar-refractivity contribution in [3.05, 3.63) is 0 Å². The van der Waals surface area contributed by atoms with Crippen molar-refractivity contribution >= 4 is 0 Å². The largest absolute Gasteiger partial charge is 0.394 e. The highest BCUT2D eigenvalue weighted by atomic mass is 16.8. The van der Waals surface area contributed by atoms with Crippen molar-refractivity contribution in [2.24, 2.45) is 0 Å². The molecule has 0 radical (unpaired) electrons. The lowest BCUT2D eigenvalue weighted by atomic mass is 9.95. The van der Waals surface area contributed by atoms with Crippen LogP contribution in [0.5, 0.6) is 0 Å². The standard InChI is InChI=1S/C60H102O51/c61-1-11-21(71)22(72)33(83)52(94-11)104-43-13(3-63)96-54(35(85)24(43)74)106-45-15(5-65)98-56(37(87)26(45)76)108-47-17(7-67)100-58(39(89)28(47)78)110-49-19(9-69)102-60(41(91)30(49)80)111-50-20(10-70)101-59(40(90)31(50)81)109-48-18(8-68)99-57(38(88)29(48)79)107-46-16(6-66)97-55(36(86)27(46)77)105-44-14(4-64)95-53(34(84)25(44)75)103-42-12(2-62)93-51(92)32(82)23(42)73/h11-92H,1-10H2/t11-,12-,13-,14-,15-,16-,17-,18-,19-,20-,21-,22+,23-,24-,25-,26-,27-,28-,29-,30-,31-,32-,33-,34-,35-,36-,37-,38-,39-,40-,41-,42-,43-,44-,45-,46-,47-,48-,49-,50-,51?,52-,53-,54-,55-,56-,57-,58-,59-,60-/m1/s1. The molecule has 111 heavy (non-hydrogen) atoms. The van der Waals surface area contributed by atoms with E-state index in [-0.39, 0.29) is 0 Å². The van der Waals surface area contributed by atoms with Gasteiger partial charge in [-0.3, -0.25) is 0 Å². The van der Waals surface area contributed by atoms with Crippen molar-refractivity contribution in [1.29, 1.82) is 0 Å². The van der Waals surface area contributed by atoms with Gasteiger partial charge in [0.2, 0.25) is 0 Å². The molecule has 10 aliphatic rings. The van der Waals surface area contributed by atoms with E-state index in [0.717, 1.165) is 0 Å². The monoisotopic (exact) mass is 1640 g/mol. The molecule has 0 saturated carbocycles. The van der Waals surface area contributed by atoms with E-state index >= 15 is 0 Å². The Hall–Kier alpha value is -2.04. The molecular formula is C60H102O51. The fraction of sp³-hybridized carbons (Fsp3) is 1.00. The number of hydrogen-bond acceptors (Lipinski definition) is 51. The molecule has 648 valence electrons. The Bertz CT molecular complexity index is 2760. The van der Waals surface area contributed by atoms with E-state index in [0.29, 0.717) is 0 Å². The second kappa shape index (κ2) is 39.4. The molecule has 0 spiro atoms.